The van der Waals surface area contributed by atoms with Crippen LogP contribution in [0.25, 0.3) is 10.9 Å². The number of amides is 3. The van der Waals surface area contributed by atoms with Gasteiger partial charge in [-0.15, -0.1) is 0 Å². The molecule has 2 aliphatic heterocycles. The minimum absolute atomic E-state index is 0.00485. The van der Waals surface area contributed by atoms with E-state index in [1.54, 1.807) is 51.7 Å². The predicted molar refractivity (Wildman–Crippen MR) is 162 cm³/mol. The van der Waals surface area contributed by atoms with Crippen molar-refractivity contribution in [3.05, 3.63) is 65.9 Å². The summed E-state index contributed by atoms with van der Waals surface area (Å²) >= 11 is 0. The Morgan fingerprint density at radius 1 is 1.07 bits per heavy atom. The zero-order chi connectivity index (χ0) is 31.0. The number of carbonyl (C=O) groups excluding carboxylic acids is 4. The highest BCUT2D eigenvalue weighted by atomic mass is 16.6. The Balaban J connectivity index is 1.39. The third kappa shape index (κ3) is 6.68. The molecule has 3 aromatic rings. The van der Waals surface area contributed by atoms with E-state index in [0.717, 1.165) is 16.5 Å². The van der Waals surface area contributed by atoms with Crippen molar-refractivity contribution in [3.63, 3.8) is 0 Å². The van der Waals surface area contributed by atoms with Crippen LogP contribution >= 0.6 is 0 Å². The van der Waals surface area contributed by atoms with Crippen molar-refractivity contribution in [2.45, 2.75) is 83.1 Å². The summed E-state index contributed by atoms with van der Waals surface area (Å²) in [6, 6.07) is 14.0. The predicted octanol–water partition coefficient (Wildman–Crippen LogP) is 4.53. The van der Waals surface area contributed by atoms with E-state index in [1.807, 2.05) is 42.6 Å². The molecule has 0 unspecified atom stereocenters. The Morgan fingerprint density at radius 3 is 2.56 bits per heavy atom. The van der Waals surface area contributed by atoms with Gasteiger partial charge in [-0.3, -0.25) is 14.4 Å². The van der Waals surface area contributed by atoms with Crippen molar-refractivity contribution >= 4 is 34.6 Å². The lowest BCUT2D eigenvalue weighted by atomic mass is 9.83. The molecule has 1 aromatic heterocycles. The highest BCUT2D eigenvalue weighted by Gasteiger charge is 2.46. The van der Waals surface area contributed by atoms with E-state index in [4.69, 9.17) is 9.47 Å². The molecule has 10 heteroatoms. The molecular formula is C33H40N4O6. The van der Waals surface area contributed by atoms with E-state index in [0.29, 0.717) is 30.7 Å². The molecule has 5 rings (SSSR count). The zero-order valence-electron chi connectivity index (χ0n) is 25.4. The Morgan fingerprint density at radius 2 is 1.79 bits per heavy atom. The molecule has 0 radical (unpaired) electrons. The number of hydrogen-bond acceptors (Lipinski definition) is 6. The fourth-order valence-electron chi connectivity index (χ4n) is 5.85. The topological polar surface area (TPSA) is 130 Å². The fourth-order valence-corrected chi connectivity index (χ4v) is 5.85. The van der Waals surface area contributed by atoms with Crippen LogP contribution in [0.3, 0.4) is 0 Å². The second-order valence-electron chi connectivity index (χ2n) is 13.1. The molecule has 228 valence electrons. The molecule has 1 fully saturated rings. The minimum atomic E-state index is -1.37. The molecule has 10 nitrogen and oxygen atoms in total. The minimum Gasteiger partial charge on any atom is -0.484 e. The van der Waals surface area contributed by atoms with Gasteiger partial charge in [0.05, 0.1) is 18.5 Å². The number of benzene rings is 2. The third-order valence-electron chi connectivity index (χ3n) is 7.93. The highest BCUT2D eigenvalue weighted by molar-refractivity contribution is 6.00. The van der Waals surface area contributed by atoms with Gasteiger partial charge in [0.25, 0.3) is 0 Å². The number of hydrogen-bond donors (Lipinski definition) is 3. The van der Waals surface area contributed by atoms with Crippen LogP contribution in [0.15, 0.2) is 54.7 Å². The van der Waals surface area contributed by atoms with E-state index in [9.17, 15) is 19.2 Å². The number of carbonyl (C=O) groups is 4. The number of likely N-dealkylation sites (tertiary alicyclic amines) is 1. The standard InChI is InChI=1S/C33H40N4O6/c1-31(2,3)43-30(41)36-32(4,5)29(40)35-25(17-21-19-34-24-13-8-6-11-22(21)24)28(39)37-16-10-15-33(20-37)18-26(38)23-12-7-9-14-27(23)42-33/h6-9,11-14,19,25,34H,10,15-18,20H2,1-5H3,(H,35,40)(H,36,41)/t25-,33-/m1/s1. The largest absolute Gasteiger partial charge is 0.484 e. The van der Waals surface area contributed by atoms with Gasteiger partial charge in [-0.2, -0.15) is 0 Å². The molecule has 43 heavy (non-hydrogen) atoms. The van der Waals surface area contributed by atoms with Crippen LogP contribution in [-0.2, 0) is 20.7 Å². The van der Waals surface area contributed by atoms with E-state index >= 15 is 0 Å². The molecular weight excluding hydrogens is 548 g/mol. The van der Waals surface area contributed by atoms with Crippen LogP contribution in [0.1, 0.15) is 69.8 Å². The number of aromatic amines is 1. The van der Waals surface area contributed by atoms with Crippen LogP contribution in [0, 0.1) is 0 Å². The second kappa shape index (κ2) is 11.4. The smallest absolute Gasteiger partial charge is 0.408 e. The van der Waals surface area contributed by atoms with Crippen molar-refractivity contribution in [3.8, 4) is 5.75 Å². The van der Waals surface area contributed by atoms with Crippen LogP contribution in [0.5, 0.6) is 5.75 Å². The van der Waals surface area contributed by atoms with Gasteiger partial charge in [-0.05, 0) is 71.2 Å². The number of nitrogens with one attached hydrogen (secondary N) is 3. The molecule has 3 amide bonds. The van der Waals surface area contributed by atoms with E-state index < -0.39 is 34.8 Å². The lowest BCUT2D eigenvalue weighted by molar-refractivity contribution is -0.142. The number of nitrogens with zero attached hydrogens (tertiary/aromatic N) is 1. The molecule has 0 aliphatic carbocycles. The number of ether oxygens (including phenoxy) is 2. The molecule has 1 saturated heterocycles. The molecule has 3 heterocycles. The first-order valence-corrected chi connectivity index (χ1v) is 14.7. The normalized spacial score (nSPS) is 19.4. The number of para-hydroxylation sites is 2. The first kappa shape index (κ1) is 30.1. The summed E-state index contributed by atoms with van der Waals surface area (Å²) in [6.45, 7) is 9.04. The summed E-state index contributed by atoms with van der Waals surface area (Å²) in [4.78, 5) is 58.3. The lowest BCUT2D eigenvalue weighted by Crippen LogP contribution is -2.62. The summed E-state index contributed by atoms with van der Waals surface area (Å²) in [5.41, 5.74) is -0.582. The Kier molecular flexibility index (Phi) is 7.98. The van der Waals surface area contributed by atoms with Gasteiger partial charge in [0.2, 0.25) is 11.8 Å². The molecule has 0 bridgehead atoms. The lowest BCUT2D eigenvalue weighted by Gasteiger charge is -2.45. The number of aromatic nitrogens is 1. The van der Waals surface area contributed by atoms with Crippen LogP contribution in [0.4, 0.5) is 4.79 Å². The fraction of sp³-hybridized carbons (Fsp3) is 0.455. The quantitative estimate of drug-likeness (QED) is 0.388. The van der Waals surface area contributed by atoms with Gasteiger partial charge in [-0.25, -0.2) is 4.79 Å². The van der Waals surface area contributed by atoms with Crippen molar-refractivity contribution in [2.75, 3.05) is 13.1 Å². The van der Waals surface area contributed by atoms with E-state index in [2.05, 4.69) is 15.6 Å². The van der Waals surface area contributed by atoms with Crippen LogP contribution in [-0.4, -0.2) is 69.4 Å². The number of fused-ring (bicyclic) bond motifs is 2. The highest BCUT2D eigenvalue weighted by Crippen LogP contribution is 2.38. The maximum absolute atomic E-state index is 14.2. The first-order valence-electron chi connectivity index (χ1n) is 14.7. The summed E-state index contributed by atoms with van der Waals surface area (Å²) in [7, 11) is 0. The van der Waals surface area contributed by atoms with E-state index in [-0.39, 0.29) is 31.1 Å². The van der Waals surface area contributed by atoms with Gasteiger partial charge >= 0.3 is 6.09 Å². The zero-order valence-corrected chi connectivity index (χ0v) is 25.4. The average molecular weight is 589 g/mol. The number of Topliss-reactive ketones (excluding diaryl/α,β-unsaturated/α-hetero) is 1. The average Bonchev–Trinajstić information content (AvgIpc) is 3.33. The summed E-state index contributed by atoms with van der Waals surface area (Å²) < 4.78 is 11.8. The Bertz CT molecular complexity index is 1550. The van der Waals surface area contributed by atoms with Crippen molar-refractivity contribution in [1.82, 2.24) is 20.5 Å². The number of ketones is 1. The van der Waals surface area contributed by atoms with Gasteiger partial charge in [0, 0.05) is 30.1 Å². The summed E-state index contributed by atoms with van der Waals surface area (Å²) in [6.07, 6.45) is 2.82. The van der Waals surface area contributed by atoms with Crippen molar-refractivity contribution in [1.29, 1.82) is 0 Å². The maximum Gasteiger partial charge on any atom is 0.408 e. The number of H-pyrrole nitrogens is 1. The first-order chi connectivity index (χ1) is 20.3. The SMILES string of the molecule is CC(C)(C)OC(=O)NC(C)(C)C(=O)N[C@H](Cc1c[nH]c2ccccc12)C(=O)N1CCC[C@@]2(CC(=O)c3ccccc3O2)C1. The third-order valence-corrected chi connectivity index (χ3v) is 7.93. The van der Waals surface area contributed by atoms with Gasteiger partial charge < -0.3 is 30.0 Å². The Labute approximate surface area is 251 Å². The molecule has 2 atom stereocenters. The summed E-state index contributed by atoms with van der Waals surface area (Å²) in [5.74, 6) is -0.275. The van der Waals surface area contributed by atoms with Crippen LogP contribution in [0.2, 0.25) is 0 Å². The number of rotatable bonds is 6. The van der Waals surface area contributed by atoms with Gasteiger partial charge in [-0.1, -0.05) is 30.3 Å². The van der Waals surface area contributed by atoms with Crippen LogP contribution < -0.4 is 15.4 Å². The molecule has 2 aliphatic rings. The van der Waals surface area contributed by atoms with E-state index in [1.165, 1.54) is 0 Å². The van der Waals surface area contributed by atoms with Gasteiger partial charge in [0.1, 0.15) is 28.5 Å². The number of alkyl carbamates (subject to hydrolysis) is 1. The van der Waals surface area contributed by atoms with Gasteiger partial charge in [0.15, 0.2) is 5.78 Å². The van der Waals surface area contributed by atoms with Crippen molar-refractivity contribution in [2.24, 2.45) is 0 Å². The second-order valence-corrected chi connectivity index (χ2v) is 13.1. The molecule has 3 N–H and O–H groups in total. The molecule has 1 spiro atoms. The maximum atomic E-state index is 14.2. The Hall–Kier alpha value is -4.34. The molecule has 2 aromatic carbocycles. The van der Waals surface area contributed by atoms with Crippen molar-refractivity contribution < 1.29 is 28.7 Å². The molecule has 0 saturated carbocycles. The monoisotopic (exact) mass is 588 g/mol. The summed E-state index contributed by atoms with van der Waals surface area (Å²) in [5, 5.41) is 6.50. The number of piperidine rings is 1.